The molecule has 28 heavy (non-hydrogen) atoms. The van der Waals surface area contributed by atoms with E-state index in [2.05, 4.69) is 15.5 Å². The van der Waals surface area contributed by atoms with Crippen LogP contribution in [0.1, 0.15) is 21.8 Å². The van der Waals surface area contributed by atoms with Gasteiger partial charge in [-0.1, -0.05) is 28.9 Å². The molecule has 1 aromatic carbocycles. The van der Waals surface area contributed by atoms with Gasteiger partial charge in [-0.3, -0.25) is 4.79 Å². The number of hydrogen-bond donors (Lipinski definition) is 1. The summed E-state index contributed by atoms with van der Waals surface area (Å²) in [5.74, 6) is -0.684. The van der Waals surface area contributed by atoms with E-state index >= 15 is 0 Å². The number of nitrogens with zero attached hydrogens (tertiary/aromatic N) is 3. The Morgan fingerprint density at radius 3 is 2.93 bits per heavy atom. The Balaban J connectivity index is 1.52. The summed E-state index contributed by atoms with van der Waals surface area (Å²) in [6, 6.07) is 10.0. The van der Waals surface area contributed by atoms with Crippen molar-refractivity contribution in [2.24, 2.45) is 0 Å². The topological polar surface area (TPSA) is 72.4 Å². The van der Waals surface area contributed by atoms with Gasteiger partial charge < -0.3 is 14.2 Å². The van der Waals surface area contributed by atoms with Gasteiger partial charge in [0.2, 0.25) is 0 Å². The molecule has 0 radical (unpaired) electrons. The molecule has 0 fully saturated rings. The van der Waals surface area contributed by atoms with Gasteiger partial charge in [0.25, 0.3) is 5.91 Å². The molecule has 1 N–H and O–H groups in total. The van der Waals surface area contributed by atoms with E-state index in [1.54, 1.807) is 6.92 Å². The predicted octanol–water partition coefficient (Wildman–Crippen LogP) is 4.06. The first kappa shape index (κ1) is 18.2. The van der Waals surface area contributed by atoms with Crippen molar-refractivity contribution in [3.63, 3.8) is 0 Å². The lowest BCUT2D eigenvalue weighted by Crippen LogP contribution is -2.26. The van der Waals surface area contributed by atoms with Crippen molar-refractivity contribution in [2.75, 3.05) is 6.54 Å². The summed E-state index contributed by atoms with van der Waals surface area (Å²) in [6.07, 6.45) is 4.37. The molecule has 3 heterocycles. The summed E-state index contributed by atoms with van der Waals surface area (Å²) in [4.78, 5) is 17.2. The Kier molecular flexibility index (Phi) is 4.83. The lowest BCUT2D eigenvalue weighted by molar-refractivity contribution is 0.0953. The molecule has 0 saturated carbocycles. The molecular formula is C20H16ClFN4O2. The number of carbonyl (C=O) groups is 1. The van der Waals surface area contributed by atoms with Crippen LogP contribution in [0.2, 0.25) is 5.02 Å². The SMILES string of the molecule is Cc1onc(-c2c(F)cccc2Cl)c1C(=O)NCCc1cn2ccccc2n1. The quantitative estimate of drug-likeness (QED) is 0.550. The van der Waals surface area contributed by atoms with E-state index < -0.39 is 11.7 Å². The van der Waals surface area contributed by atoms with Crippen molar-refractivity contribution in [3.05, 3.63) is 76.6 Å². The van der Waals surface area contributed by atoms with Crippen LogP contribution in [0.3, 0.4) is 0 Å². The van der Waals surface area contributed by atoms with E-state index in [0.717, 1.165) is 11.3 Å². The summed E-state index contributed by atoms with van der Waals surface area (Å²) in [5, 5.41) is 6.82. The van der Waals surface area contributed by atoms with Crippen LogP contribution in [0.5, 0.6) is 0 Å². The number of halogens is 2. The number of aromatic nitrogens is 3. The summed E-state index contributed by atoms with van der Waals surface area (Å²) in [6.45, 7) is 1.96. The fourth-order valence-electron chi connectivity index (χ4n) is 3.03. The maximum Gasteiger partial charge on any atom is 0.257 e. The Morgan fingerprint density at radius 2 is 2.14 bits per heavy atom. The molecule has 4 rings (SSSR count). The highest BCUT2D eigenvalue weighted by Crippen LogP contribution is 2.33. The average Bonchev–Trinajstić information content (AvgIpc) is 3.24. The van der Waals surface area contributed by atoms with Crippen LogP contribution in [0.4, 0.5) is 4.39 Å². The van der Waals surface area contributed by atoms with Gasteiger partial charge in [-0.15, -0.1) is 0 Å². The number of fused-ring (bicyclic) bond motifs is 1. The second-order valence-electron chi connectivity index (χ2n) is 6.26. The molecular weight excluding hydrogens is 383 g/mol. The summed E-state index contributed by atoms with van der Waals surface area (Å²) >= 11 is 6.11. The van der Waals surface area contributed by atoms with Crippen LogP contribution in [0.25, 0.3) is 16.9 Å². The molecule has 142 valence electrons. The van der Waals surface area contributed by atoms with E-state index in [9.17, 15) is 9.18 Å². The third-order valence-electron chi connectivity index (χ3n) is 4.37. The van der Waals surface area contributed by atoms with E-state index in [1.807, 2.05) is 35.0 Å². The molecule has 0 aliphatic rings. The first-order valence-electron chi connectivity index (χ1n) is 8.66. The van der Waals surface area contributed by atoms with Crippen LogP contribution in [0, 0.1) is 12.7 Å². The van der Waals surface area contributed by atoms with Crippen LogP contribution >= 0.6 is 11.6 Å². The van der Waals surface area contributed by atoms with Crippen LogP contribution in [-0.2, 0) is 6.42 Å². The molecule has 0 unspecified atom stereocenters. The van der Waals surface area contributed by atoms with Crippen molar-refractivity contribution in [1.29, 1.82) is 0 Å². The van der Waals surface area contributed by atoms with Gasteiger partial charge in [-0.25, -0.2) is 9.37 Å². The Bertz CT molecular complexity index is 1110. The summed E-state index contributed by atoms with van der Waals surface area (Å²) in [5.41, 5.74) is 2.00. The molecule has 3 aromatic heterocycles. The molecule has 0 aliphatic heterocycles. The average molecular weight is 399 g/mol. The molecule has 6 nitrogen and oxygen atoms in total. The number of nitrogens with one attached hydrogen (secondary N) is 1. The third kappa shape index (κ3) is 3.36. The van der Waals surface area contributed by atoms with Gasteiger partial charge in [-0.05, 0) is 31.2 Å². The third-order valence-corrected chi connectivity index (χ3v) is 4.68. The zero-order valence-electron chi connectivity index (χ0n) is 14.9. The van der Waals surface area contributed by atoms with Crippen molar-refractivity contribution in [2.45, 2.75) is 13.3 Å². The molecule has 0 aliphatic carbocycles. The summed E-state index contributed by atoms with van der Waals surface area (Å²) < 4.78 is 21.3. The number of pyridine rings is 1. The minimum atomic E-state index is -0.570. The number of benzene rings is 1. The number of hydrogen-bond acceptors (Lipinski definition) is 4. The zero-order chi connectivity index (χ0) is 19.7. The number of carbonyl (C=O) groups excluding carboxylic acids is 1. The molecule has 0 saturated heterocycles. The van der Waals surface area contributed by atoms with Crippen LogP contribution < -0.4 is 5.32 Å². The lowest BCUT2D eigenvalue weighted by Gasteiger charge is -2.07. The van der Waals surface area contributed by atoms with Crippen molar-refractivity contribution in [3.8, 4) is 11.3 Å². The first-order chi connectivity index (χ1) is 13.5. The normalized spacial score (nSPS) is 11.1. The second kappa shape index (κ2) is 7.44. The largest absolute Gasteiger partial charge is 0.360 e. The van der Waals surface area contributed by atoms with Gasteiger partial charge >= 0.3 is 0 Å². The zero-order valence-corrected chi connectivity index (χ0v) is 15.7. The molecule has 1 amide bonds. The maximum absolute atomic E-state index is 14.3. The van der Waals surface area contributed by atoms with E-state index in [-0.39, 0.29) is 21.8 Å². The smallest absolute Gasteiger partial charge is 0.257 e. The minimum Gasteiger partial charge on any atom is -0.360 e. The number of imidazole rings is 1. The number of amides is 1. The van der Waals surface area contributed by atoms with Gasteiger partial charge in [0.1, 0.15) is 28.5 Å². The molecule has 0 spiro atoms. The first-order valence-corrected chi connectivity index (χ1v) is 9.04. The number of rotatable bonds is 5. The molecule has 0 bridgehead atoms. The van der Waals surface area contributed by atoms with Crippen molar-refractivity contribution >= 4 is 23.2 Å². The van der Waals surface area contributed by atoms with Gasteiger partial charge in [0, 0.05) is 25.4 Å². The van der Waals surface area contributed by atoms with Gasteiger partial charge in [0.05, 0.1) is 16.3 Å². The lowest BCUT2D eigenvalue weighted by atomic mass is 10.0. The predicted molar refractivity (Wildman–Crippen MR) is 103 cm³/mol. The maximum atomic E-state index is 14.3. The fraction of sp³-hybridized carbons (Fsp3) is 0.150. The molecule has 4 aromatic rings. The monoisotopic (exact) mass is 398 g/mol. The highest BCUT2D eigenvalue weighted by Gasteiger charge is 2.25. The Morgan fingerprint density at radius 1 is 1.29 bits per heavy atom. The van der Waals surface area contributed by atoms with Crippen molar-refractivity contribution in [1.82, 2.24) is 19.9 Å². The van der Waals surface area contributed by atoms with E-state index in [4.69, 9.17) is 16.1 Å². The molecule has 0 atom stereocenters. The fourth-order valence-corrected chi connectivity index (χ4v) is 3.29. The van der Waals surface area contributed by atoms with Crippen LogP contribution in [0.15, 0.2) is 53.3 Å². The summed E-state index contributed by atoms with van der Waals surface area (Å²) in [7, 11) is 0. The van der Waals surface area contributed by atoms with E-state index in [0.29, 0.717) is 18.7 Å². The van der Waals surface area contributed by atoms with Gasteiger partial charge in [-0.2, -0.15) is 0 Å². The minimum absolute atomic E-state index is 0.0477. The Hall–Kier alpha value is -3.19. The van der Waals surface area contributed by atoms with Gasteiger partial charge in [0.15, 0.2) is 0 Å². The number of aryl methyl sites for hydroxylation is 1. The highest BCUT2D eigenvalue weighted by atomic mass is 35.5. The van der Waals surface area contributed by atoms with Crippen molar-refractivity contribution < 1.29 is 13.7 Å². The van der Waals surface area contributed by atoms with E-state index in [1.165, 1.54) is 18.2 Å². The second-order valence-corrected chi connectivity index (χ2v) is 6.67. The highest BCUT2D eigenvalue weighted by molar-refractivity contribution is 6.33. The Labute approximate surface area is 164 Å². The van der Waals surface area contributed by atoms with Crippen LogP contribution in [-0.4, -0.2) is 27.0 Å². The standard InChI is InChI=1S/C20H16ClFN4O2/c1-12-17(19(25-28-12)18-14(21)5-4-6-15(18)22)20(27)23-9-8-13-11-26-10-3-2-7-16(26)24-13/h2-7,10-11H,8-9H2,1H3,(H,23,27). The molecule has 8 heteroatoms.